The Balaban J connectivity index is 3.22. The van der Waals surface area contributed by atoms with Gasteiger partial charge in [-0.1, -0.05) is 13.3 Å². The van der Waals surface area contributed by atoms with Crippen LogP contribution in [0.2, 0.25) is 0 Å². The molecule has 0 fully saturated rings. The van der Waals surface area contributed by atoms with Gasteiger partial charge in [-0.05, 0) is 52.5 Å². The predicted molar refractivity (Wildman–Crippen MR) is 102 cm³/mol. The van der Waals surface area contributed by atoms with E-state index in [1.165, 1.54) is 0 Å². The largest absolute Gasteiger partial charge is 0.494 e. The van der Waals surface area contributed by atoms with Gasteiger partial charge in [0.2, 0.25) is 0 Å². The molecule has 1 aromatic rings. The number of rotatable bonds is 12. The van der Waals surface area contributed by atoms with Crippen molar-refractivity contribution in [3.8, 4) is 17.2 Å². The molecule has 0 saturated carbocycles. The molecule has 0 aliphatic carbocycles. The van der Waals surface area contributed by atoms with Crippen molar-refractivity contribution < 1.29 is 24.1 Å². The van der Waals surface area contributed by atoms with Crippen molar-refractivity contribution >= 4 is 5.97 Å². The lowest BCUT2D eigenvalue weighted by molar-refractivity contribution is -0.143. The van der Waals surface area contributed by atoms with Crippen LogP contribution in [0.1, 0.15) is 53.0 Å². The van der Waals surface area contributed by atoms with Gasteiger partial charge >= 0.3 is 5.97 Å². The number of carboxylic acids is 1. The second kappa shape index (κ2) is 10.3. The smallest absolute Gasteiger partial charge is 0.323 e. The lowest BCUT2D eigenvalue weighted by Gasteiger charge is -2.26. The Bertz CT molecular complexity index is 586. The highest BCUT2D eigenvalue weighted by atomic mass is 16.5. The Labute approximate surface area is 156 Å². The fourth-order valence-corrected chi connectivity index (χ4v) is 2.96. The Morgan fingerprint density at radius 3 is 2.23 bits per heavy atom. The minimum absolute atomic E-state index is 0.103. The van der Waals surface area contributed by atoms with Crippen LogP contribution in [-0.4, -0.2) is 36.4 Å². The van der Waals surface area contributed by atoms with Crippen LogP contribution in [0.5, 0.6) is 17.2 Å². The van der Waals surface area contributed by atoms with Gasteiger partial charge in [0, 0.05) is 11.6 Å². The monoisotopic (exact) mass is 367 g/mol. The van der Waals surface area contributed by atoms with E-state index < -0.39 is 11.5 Å². The molecule has 0 aromatic heterocycles. The topological polar surface area (TPSA) is 91.0 Å². The maximum absolute atomic E-state index is 11.4. The molecule has 1 rings (SSSR count). The molecule has 2 atom stereocenters. The van der Waals surface area contributed by atoms with E-state index in [1.807, 2.05) is 39.8 Å². The zero-order valence-electron chi connectivity index (χ0n) is 16.6. The zero-order valence-corrected chi connectivity index (χ0v) is 16.6. The van der Waals surface area contributed by atoms with Crippen LogP contribution in [-0.2, 0) is 11.2 Å². The van der Waals surface area contributed by atoms with Gasteiger partial charge in [-0.25, -0.2) is 0 Å². The number of hydrogen-bond donors (Lipinski definition) is 2. The van der Waals surface area contributed by atoms with E-state index in [0.717, 1.165) is 17.7 Å². The standard InChI is InChI=1S/C20H33NO5/c1-6-14(13-20(5,21)19(22)23)10-15-11-16(24-7-2)12-17(25-8-3)18(15)26-9-4/h11-12,14H,6-10,13,21H2,1-5H3,(H,22,23). The molecular weight excluding hydrogens is 334 g/mol. The molecule has 0 radical (unpaired) electrons. The molecule has 1 aromatic carbocycles. The molecule has 0 amide bonds. The zero-order chi connectivity index (χ0) is 19.7. The third kappa shape index (κ3) is 6.09. The number of hydrogen-bond acceptors (Lipinski definition) is 5. The highest BCUT2D eigenvalue weighted by molar-refractivity contribution is 5.77. The number of aliphatic carboxylic acids is 1. The molecule has 6 nitrogen and oxygen atoms in total. The fraction of sp³-hybridized carbons (Fsp3) is 0.650. The molecule has 0 aliphatic heterocycles. The first-order valence-corrected chi connectivity index (χ1v) is 9.36. The van der Waals surface area contributed by atoms with Gasteiger partial charge in [0.25, 0.3) is 0 Å². The second-order valence-corrected chi connectivity index (χ2v) is 6.61. The van der Waals surface area contributed by atoms with E-state index >= 15 is 0 Å². The van der Waals surface area contributed by atoms with Gasteiger partial charge in [0.05, 0.1) is 19.8 Å². The third-order valence-electron chi connectivity index (χ3n) is 4.29. The van der Waals surface area contributed by atoms with Crippen molar-refractivity contribution in [2.45, 2.75) is 59.4 Å². The van der Waals surface area contributed by atoms with Crippen molar-refractivity contribution in [1.29, 1.82) is 0 Å². The minimum Gasteiger partial charge on any atom is -0.494 e. The number of ether oxygens (including phenoxy) is 3. The van der Waals surface area contributed by atoms with Gasteiger partial charge in [-0.2, -0.15) is 0 Å². The average molecular weight is 367 g/mol. The first-order chi connectivity index (χ1) is 12.3. The molecule has 0 spiro atoms. The highest BCUT2D eigenvalue weighted by Gasteiger charge is 2.31. The summed E-state index contributed by atoms with van der Waals surface area (Å²) < 4.78 is 17.3. The van der Waals surface area contributed by atoms with Crippen LogP contribution in [0.3, 0.4) is 0 Å². The summed E-state index contributed by atoms with van der Waals surface area (Å²) in [6.45, 7) is 11.0. The molecule has 0 aliphatic rings. The molecule has 0 bridgehead atoms. The average Bonchev–Trinajstić information content (AvgIpc) is 2.57. The molecule has 0 heterocycles. The van der Waals surface area contributed by atoms with Crippen LogP contribution >= 0.6 is 0 Å². The normalized spacial score (nSPS) is 14.4. The van der Waals surface area contributed by atoms with Gasteiger partial charge in [-0.15, -0.1) is 0 Å². The summed E-state index contributed by atoms with van der Waals surface area (Å²) in [5.41, 5.74) is 5.66. The Hall–Kier alpha value is -1.95. The van der Waals surface area contributed by atoms with E-state index in [9.17, 15) is 9.90 Å². The van der Waals surface area contributed by atoms with Gasteiger partial charge < -0.3 is 25.1 Å². The van der Waals surface area contributed by atoms with E-state index in [0.29, 0.717) is 44.2 Å². The predicted octanol–water partition coefficient (Wildman–Crippen LogP) is 3.64. The van der Waals surface area contributed by atoms with Crippen molar-refractivity contribution in [2.24, 2.45) is 11.7 Å². The van der Waals surface area contributed by atoms with Crippen molar-refractivity contribution in [1.82, 2.24) is 0 Å². The van der Waals surface area contributed by atoms with E-state index in [1.54, 1.807) is 6.92 Å². The summed E-state index contributed by atoms with van der Waals surface area (Å²) in [5, 5.41) is 9.33. The molecular formula is C20H33NO5. The minimum atomic E-state index is -1.26. The number of nitrogens with two attached hydrogens (primary N) is 1. The van der Waals surface area contributed by atoms with E-state index in [-0.39, 0.29) is 5.92 Å². The maximum Gasteiger partial charge on any atom is 0.323 e. The molecule has 26 heavy (non-hydrogen) atoms. The lowest BCUT2D eigenvalue weighted by Crippen LogP contribution is -2.46. The lowest BCUT2D eigenvalue weighted by atomic mass is 9.84. The number of carbonyl (C=O) groups is 1. The van der Waals surface area contributed by atoms with Crippen molar-refractivity contribution in [3.05, 3.63) is 17.7 Å². The van der Waals surface area contributed by atoms with Crippen LogP contribution in [0, 0.1) is 5.92 Å². The van der Waals surface area contributed by atoms with Crippen LogP contribution < -0.4 is 19.9 Å². The first kappa shape index (κ1) is 22.1. The van der Waals surface area contributed by atoms with E-state index in [4.69, 9.17) is 19.9 Å². The van der Waals surface area contributed by atoms with Gasteiger partial charge in [-0.3, -0.25) is 4.79 Å². The summed E-state index contributed by atoms with van der Waals surface area (Å²) >= 11 is 0. The fourth-order valence-electron chi connectivity index (χ4n) is 2.96. The Morgan fingerprint density at radius 1 is 1.12 bits per heavy atom. The number of carboxylic acid groups (broad SMARTS) is 1. The first-order valence-electron chi connectivity index (χ1n) is 9.36. The third-order valence-corrected chi connectivity index (χ3v) is 4.29. The van der Waals surface area contributed by atoms with Crippen LogP contribution in [0.15, 0.2) is 12.1 Å². The number of benzene rings is 1. The SMILES string of the molecule is CCOc1cc(CC(CC)CC(C)(N)C(=O)O)c(OCC)c(OCC)c1. The summed E-state index contributed by atoms with van der Waals surface area (Å²) in [5.74, 6) is 1.19. The molecule has 0 saturated heterocycles. The molecule has 148 valence electrons. The summed E-state index contributed by atoms with van der Waals surface area (Å²) in [7, 11) is 0. The van der Waals surface area contributed by atoms with Gasteiger partial charge in [0.15, 0.2) is 11.5 Å². The van der Waals surface area contributed by atoms with Crippen molar-refractivity contribution in [3.63, 3.8) is 0 Å². The molecule has 6 heteroatoms. The van der Waals surface area contributed by atoms with Gasteiger partial charge in [0.1, 0.15) is 11.3 Å². The molecule has 3 N–H and O–H groups in total. The van der Waals surface area contributed by atoms with Crippen LogP contribution in [0.25, 0.3) is 0 Å². The maximum atomic E-state index is 11.4. The van der Waals surface area contributed by atoms with Crippen LogP contribution in [0.4, 0.5) is 0 Å². The summed E-state index contributed by atoms with van der Waals surface area (Å²) in [4.78, 5) is 11.4. The quantitative estimate of drug-likeness (QED) is 0.586. The molecule has 2 unspecified atom stereocenters. The Morgan fingerprint density at radius 2 is 1.73 bits per heavy atom. The highest BCUT2D eigenvalue weighted by Crippen LogP contribution is 2.38. The van der Waals surface area contributed by atoms with E-state index in [2.05, 4.69) is 0 Å². The Kier molecular flexibility index (Phi) is 8.72. The second-order valence-electron chi connectivity index (χ2n) is 6.61. The summed E-state index contributed by atoms with van der Waals surface area (Å²) in [6.07, 6.45) is 1.84. The summed E-state index contributed by atoms with van der Waals surface area (Å²) in [6, 6.07) is 3.79. The van der Waals surface area contributed by atoms with Crippen molar-refractivity contribution in [2.75, 3.05) is 19.8 Å².